The summed E-state index contributed by atoms with van der Waals surface area (Å²) in [4.78, 5) is 9.26. The summed E-state index contributed by atoms with van der Waals surface area (Å²) in [5.74, 6) is 0. The SMILES string of the molecule is [2H]O[C@H](CO)COP(=O)(O)OCC[N+](C)(C)C. The van der Waals surface area contributed by atoms with Crippen molar-refractivity contribution >= 4 is 7.82 Å². The smallest absolute Gasteiger partial charge is 0.394 e. The number of rotatable bonds is 9. The first-order valence-electron chi connectivity index (χ1n) is 5.26. The lowest BCUT2D eigenvalue weighted by atomic mass is 10.4. The van der Waals surface area contributed by atoms with Crippen LogP contribution >= 0.6 is 7.82 Å². The Kier molecular flexibility index (Phi) is 5.85. The van der Waals surface area contributed by atoms with Crippen molar-refractivity contribution in [1.29, 1.82) is 1.43 Å². The zero-order chi connectivity index (χ0) is 13.5. The average Bonchev–Trinajstić information content (AvgIpc) is 2.16. The van der Waals surface area contributed by atoms with Crippen molar-refractivity contribution in [2.75, 3.05) is 47.5 Å². The molecule has 0 fully saturated rings. The third kappa shape index (κ3) is 9.23. The first-order chi connectivity index (χ1) is 7.70. The molecule has 8 heteroatoms. The van der Waals surface area contributed by atoms with E-state index in [0.717, 1.165) is 0 Å². The maximum atomic E-state index is 11.3. The maximum absolute atomic E-state index is 11.3. The predicted molar refractivity (Wildman–Crippen MR) is 57.7 cm³/mol. The fourth-order valence-electron chi connectivity index (χ4n) is 0.697. The molecule has 7 nitrogen and oxygen atoms in total. The van der Waals surface area contributed by atoms with Crippen molar-refractivity contribution in [3.63, 3.8) is 0 Å². The molecule has 0 aliphatic heterocycles. The zero-order valence-corrected chi connectivity index (χ0v) is 10.7. The summed E-state index contributed by atoms with van der Waals surface area (Å²) >= 11 is 0. The van der Waals surface area contributed by atoms with Crippen LogP contribution in [0.3, 0.4) is 0 Å². The minimum Gasteiger partial charge on any atom is -0.394 e. The molecule has 98 valence electrons. The van der Waals surface area contributed by atoms with Gasteiger partial charge < -0.3 is 19.6 Å². The molecule has 0 aromatic rings. The van der Waals surface area contributed by atoms with Crippen molar-refractivity contribution in [2.24, 2.45) is 0 Å². The fourth-order valence-corrected chi connectivity index (χ4v) is 1.44. The van der Waals surface area contributed by atoms with Crippen LogP contribution in [0, 0.1) is 0 Å². The minimum atomic E-state index is -4.14. The number of aliphatic hydroxyl groups excluding tert-OH is 2. The van der Waals surface area contributed by atoms with Gasteiger partial charge in [-0.3, -0.25) is 9.05 Å². The van der Waals surface area contributed by atoms with Crippen LogP contribution < -0.4 is 0 Å². The largest absolute Gasteiger partial charge is 0.472 e. The molecule has 0 aliphatic carbocycles. The number of nitrogens with zero attached hydrogens (tertiary/aromatic N) is 1. The Labute approximate surface area is 96.9 Å². The van der Waals surface area contributed by atoms with E-state index in [0.29, 0.717) is 11.0 Å². The summed E-state index contributed by atoms with van der Waals surface area (Å²) in [6, 6.07) is 0. The highest BCUT2D eigenvalue weighted by molar-refractivity contribution is 7.47. The Balaban J connectivity index is 3.92. The number of aliphatic hydroxyl groups is 2. The van der Waals surface area contributed by atoms with Crippen molar-refractivity contribution < 1.29 is 33.2 Å². The number of hydrogen-bond acceptors (Lipinski definition) is 5. The molecule has 0 aliphatic rings. The molecular formula is C8H21NO6P+. The van der Waals surface area contributed by atoms with Gasteiger partial charge in [0.1, 0.15) is 19.3 Å². The lowest BCUT2D eigenvalue weighted by molar-refractivity contribution is -0.870. The molecule has 0 spiro atoms. The van der Waals surface area contributed by atoms with Gasteiger partial charge in [-0.25, -0.2) is 4.57 Å². The highest BCUT2D eigenvalue weighted by Gasteiger charge is 2.23. The number of phosphoric acid groups is 1. The summed E-state index contributed by atoms with van der Waals surface area (Å²) in [6.07, 6.45) is -0.961. The Morgan fingerprint density at radius 2 is 2.06 bits per heavy atom. The molecule has 0 aromatic carbocycles. The molecule has 0 saturated carbocycles. The second-order valence-corrected chi connectivity index (χ2v) is 5.87. The van der Waals surface area contributed by atoms with E-state index in [4.69, 9.17) is 11.1 Å². The molecule has 3 N–H and O–H groups in total. The number of hydrogen-bond donors (Lipinski definition) is 3. The lowest BCUT2D eigenvalue weighted by Crippen LogP contribution is -2.37. The summed E-state index contributed by atoms with van der Waals surface area (Å²) in [7, 11) is 1.61. The predicted octanol–water partition coefficient (Wildman–Crippen LogP) is -0.821. The molecule has 0 bridgehead atoms. The van der Waals surface area contributed by atoms with Gasteiger partial charge in [-0.05, 0) is 0 Å². The molecule has 0 saturated heterocycles. The minimum absolute atomic E-state index is 0.0722. The third-order valence-electron chi connectivity index (χ3n) is 1.64. The van der Waals surface area contributed by atoms with Gasteiger partial charge in [-0.15, -0.1) is 0 Å². The van der Waals surface area contributed by atoms with Crippen LogP contribution in [0.2, 0.25) is 0 Å². The normalized spacial score (nSPS) is 18.9. The highest BCUT2D eigenvalue weighted by atomic mass is 31.2. The standard InChI is InChI=1S/C8H20NO6P/c1-9(2,3)4-5-14-16(12,13)15-7-8(11)6-10/h8,10-11H,4-7H2,1-3H3/p+1/t8-/m1/s1/i11D. The van der Waals surface area contributed by atoms with E-state index in [1.165, 1.54) is 0 Å². The van der Waals surface area contributed by atoms with Gasteiger partial charge in [0.05, 0.1) is 34.4 Å². The van der Waals surface area contributed by atoms with E-state index < -0.39 is 20.5 Å². The fraction of sp³-hybridized carbons (Fsp3) is 1.00. The summed E-state index contributed by atoms with van der Waals surface area (Å²) in [5.41, 5.74) is 0. The number of phosphoric ester groups is 1. The Morgan fingerprint density at radius 3 is 2.50 bits per heavy atom. The molecular weight excluding hydrogens is 237 g/mol. The molecule has 0 radical (unpaired) electrons. The third-order valence-corrected chi connectivity index (χ3v) is 2.63. The monoisotopic (exact) mass is 259 g/mol. The van der Waals surface area contributed by atoms with Gasteiger partial charge in [0.15, 0.2) is 0 Å². The van der Waals surface area contributed by atoms with E-state index in [2.05, 4.69) is 9.63 Å². The van der Waals surface area contributed by atoms with Crippen LogP contribution in [-0.2, 0) is 13.6 Å². The molecule has 1 unspecified atom stereocenters. The van der Waals surface area contributed by atoms with Crippen LogP contribution in [-0.4, -0.2) is 74.6 Å². The topological polar surface area (TPSA) is 96.2 Å². The Hall–Kier alpha value is -0.0100. The summed E-state index contributed by atoms with van der Waals surface area (Å²) in [6.45, 7) is -0.227. The van der Waals surface area contributed by atoms with E-state index in [1.54, 1.807) is 0 Å². The zero-order valence-electron chi connectivity index (χ0n) is 10.8. The van der Waals surface area contributed by atoms with Crippen molar-refractivity contribution in [2.45, 2.75) is 6.10 Å². The van der Waals surface area contributed by atoms with Gasteiger partial charge in [-0.2, -0.15) is 0 Å². The second kappa shape index (κ2) is 6.66. The lowest BCUT2D eigenvalue weighted by Gasteiger charge is -2.24. The van der Waals surface area contributed by atoms with Crippen LogP contribution in [0.15, 0.2) is 0 Å². The molecule has 0 heterocycles. The first kappa shape index (κ1) is 14.1. The molecule has 2 atom stereocenters. The first-order valence-corrected chi connectivity index (χ1v) is 6.35. The quantitative estimate of drug-likeness (QED) is 0.370. The second-order valence-electron chi connectivity index (χ2n) is 4.42. The van der Waals surface area contributed by atoms with Crippen molar-refractivity contribution in [3.05, 3.63) is 0 Å². The maximum Gasteiger partial charge on any atom is 0.472 e. The number of likely N-dealkylation sites (N-methyl/N-ethyl adjacent to an activating group) is 1. The van der Waals surface area contributed by atoms with Gasteiger partial charge >= 0.3 is 7.82 Å². The Morgan fingerprint density at radius 1 is 1.44 bits per heavy atom. The highest BCUT2D eigenvalue weighted by Crippen LogP contribution is 2.42. The summed E-state index contributed by atoms with van der Waals surface area (Å²) < 4.78 is 27.8. The van der Waals surface area contributed by atoms with Crippen molar-refractivity contribution in [3.8, 4) is 0 Å². The van der Waals surface area contributed by atoms with Crippen LogP contribution in [0.4, 0.5) is 0 Å². The van der Waals surface area contributed by atoms with E-state index in [9.17, 15) is 9.46 Å². The van der Waals surface area contributed by atoms with E-state index in [-0.39, 0.29) is 13.2 Å². The number of quaternary nitrogens is 1. The molecule has 0 rings (SSSR count). The molecule has 0 amide bonds. The molecule has 16 heavy (non-hydrogen) atoms. The van der Waals surface area contributed by atoms with Crippen molar-refractivity contribution in [1.82, 2.24) is 0 Å². The van der Waals surface area contributed by atoms with Gasteiger partial charge in [0, 0.05) is 0 Å². The summed E-state index contributed by atoms with van der Waals surface area (Å²) in [5, 5.41) is 12.7. The van der Waals surface area contributed by atoms with E-state index >= 15 is 0 Å². The molecule has 0 aromatic heterocycles. The Bertz CT molecular complexity index is 255. The van der Waals surface area contributed by atoms with Crippen LogP contribution in [0.25, 0.3) is 0 Å². The van der Waals surface area contributed by atoms with Crippen LogP contribution in [0.5, 0.6) is 0 Å². The average molecular weight is 259 g/mol. The van der Waals surface area contributed by atoms with Gasteiger partial charge in [0.2, 0.25) is 1.43 Å². The van der Waals surface area contributed by atoms with E-state index in [1.807, 2.05) is 21.1 Å². The van der Waals surface area contributed by atoms with Gasteiger partial charge in [-0.1, -0.05) is 0 Å². The van der Waals surface area contributed by atoms with Crippen LogP contribution in [0.1, 0.15) is 0 Å². The van der Waals surface area contributed by atoms with Gasteiger partial charge in [0.25, 0.3) is 0 Å².